The van der Waals surface area contributed by atoms with Gasteiger partial charge in [-0.2, -0.15) is 9.61 Å². The van der Waals surface area contributed by atoms with Gasteiger partial charge in [0.1, 0.15) is 5.01 Å². The van der Waals surface area contributed by atoms with Crippen LogP contribution >= 0.6 is 23.1 Å². The number of carbonyl (C=O) groups is 1. The van der Waals surface area contributed by atoms with Crippen LogP contribution in [0.15, 0.2) is 41.6 Å². The minimum Gasteiger partial charge on any atom is -0.300 e. The van der Waals surface area contributed by atoms with Crippen LogP contribution in [-0.2, 0) is 11.2 Å². The maximum atomic E-state index is 12.1. The van der Waals surface area contributed by atoms with Crippen LogP contribution in [0.5, 0.6) is 0 Å². The lowest BCUT2D eigenvalue weighted by Gasteiger charge is -2.04. The fraction of sp³-hybridized carbons (Fsp3) is 0.222. The van der Waals surface area contributed by atoms with E-state index in [0.717, 1.165) is 22.7 Å². The molecular formula is C18H17N7OS2. The first-order chi connectivity index (χ1) is 13.6. The van der Waals surface area contributed by atoms with Gasteiger partial charge in [0.05, 0.1) is 11.4 Å². The standard InChI is InChI=1S/C18H17N7OS2/c1-3-12-4-6-13(7-5-12)14-8-9-15-21-23-18(25(15)24-14)27-10-16(26)19-17-22-20-11(2)28-17/h4-9H,3,10H2,1-2H3,(H,19,22,26). The van der Waals surface area contributed by atoms with Gasteiger partial charge in [-0.15, -0.1) is 20.4 Å². The second-order valence-electron chi connectivity index (χ2n) is 5.98. The van der Waals surface area contributed by atoms with E-state index < -0.39 is 0 Å². The topological polar surface area (TPSA) is 98.0 Å². The number of nitrogens with zero attached hydrogens (tertiary/aromatic N) is 6. The predicted molar refractivity (Wildman–Crippen MR) is 110 cm³/mol. The normalized spacial score (nSPS) is 11.1. The number of fused-ring (bicyclic) bond motifs is 1. The summed E-state index contributed by atoms with van der Waals surface area (Å²) >= 11 is 2.61. The third-order valence-electron chi connectivity index (χ3n) is 4.00. The average molecular weight is 412 g/mol. The number of aryl methyl sites for hydroxylation is 2. The molecule has 4 rings (SSSR count). The highest BCUT2D eigenvalue weighted by molar-refractivity contribution is 7.99. The first kappa shape index (κ1) is 18.5. The first-order valence-corrected chi connectivity index (χ1v) is 10.5. The number of thioether (sulfide) groups is 1. The number of carbonyl (C=O) groups excluding carboxylic acids is 1. The van der Waals surface area contributed by atoms with E-state index in [-0.39, 0.29) is 11.7 Å². The third kappa shape index (κ3) is 4.02. The zero-order valence-corrected chi connectivity index (χ0v) is 16.9. The van der Waals surface area contributed by atoms with Crippen molar-refractivity contribution in [2.24, 2.45) is 0 Å². The van der Waals surface area contributed by atoms with E-state index in [1.807, 2.05) is 19.1 Å². The molecule has 1 amide bonds. The molecule has 3 heterocycles. The molecule has 0 radical (unpaired) electrons. The van der Waals surface area contributed by atoms with Gasteiger partial charge < -0.3 is 0 Å². The van der Waals surface area contributed by atoms with E-state index in [2.05, 4.69) is 62.0 Å². The lowest BCUT2D eigenvalue weighted by molar-refractivity contribution is -0.113. The summed E-state index contributed by atoms with van der Waals surface area (Å²) in [6.45, 7) is 3.96. The van der Waals surface area contributed by atoms with Crippen molar-refractivity contribution in [3.63, 3.8) is 0 Å². The van der Waals surface area contributed by atoms with E-state index in [4.69, 9.17) is 0 Å². The molecule has 0 aliphatic heterocycles. The van der Waals surface area contributed by atoms with Crippen LogP contribution < -0.4 is 5.32 Å². The van der Waals surface area contributed by atoms with Crippen molar-refractivity contribution < 1.29 is 4.79 Å². The molecule has 1 N–H and O–H groups in total. The Morgan fingerprint density at radius 1 is 1.11 bits per heavy atom. The van der Waals surface area contributed by atoms with E-state index in [1.54, 1.807) is 4.52 Å². The highest BCUT2D eigenvalue weighted by Crippen LogP contribution is 2.22. The quantitative estimate of drug-likeness (QED) is 0.486. The molecule has 4 aromatic rings. The molecule has 3 aromatic heterocycles. The van der Waals surface area contributed by atoms with Crippen LogP contribution in [0.3, 0.4) is 0 Å². The summed E-state index contributed by atoms with van der Waals surface area (Å²) in [6, 6.07) is 12.1. The summed E-state index contributed by atoms with van der Waals surface area (Å²) in [5.41, 5.74) is 3.76. The van der Waals surface area contributed by atoms with Gasteiger partial charge in [0.2, 0.25) is 16.2 Å². The van der Waals surface area contributed by atoms with E-state index >= 15 is 0 Å². The Morgan fingerprint density at radius 3 is 2.64 bits per heavy atom. The maximum Gasteiger partial charge on any atom is 0.236 e. The van der Waals surface area contributed by atoms with Crippen molar-refractivity contribution in [1.29, 1.82) is 0 Å². The molecule has 0 aliphatic carbocycles. The first-order valence-electron chi connectivity index (χ1n) is 8.67. The summed E-state index contributed by atoms with van der Waals surface area (Å²) in [7, 11) is 0. The fourth-order valence-electron chi connectivity index (χ4n) is 2.56. The summed E-state index contributed by atoms with van der Waals surface area (Å²) in [5.74, 6) is 0.000450. The molecule has 0 unspecified atom stereocenters. The number of nitrogens with one attached hydrogen (secondary N) is 1. The second-order valence-corrected chi connectivity index (χ2v) is 8.11. The van der Waals surface area contributed by atoms with Crippen LogP contribution in [0.2, 0.25) is 0 Å². The van der Waals surface area contributed by atoms with Crippen LogP contribution in [0.25, 0.3) is 16.9 Å². The van der Waals surface area contributed by atoms with Gasteiger partial charge in [-0.3, -0.25) is 10.1 Å². The van der Waals surface area contributed by atoms with Crippen molar-refractivity contribution in [2.75, 3.05) is 11.1 Å². The molecule has 28 heavy (non-hydrogen) atoms. The molecule has 0 fully saturated rings. The SMILES string of the molecule is CCc1ccc(-c2ccc3nnc(SCC(=O)Nc4nnc(C)s4)n3n2)cc1. The molecule has 0 saturated heterocycles. The van der Waals surface area contributed by atoms with Gasteiger partial charge in [-0.1, -0.05) is 54.3 Å². The number of anilines is 1. The van der Waals surface area contributed by atoms with Crippen LogP contribution in [0, 0.1) is 6.92 Å². The van der Waals surface area contributed by atoms with Gasteiger partial charge >= 0.3 is 0 Å². The maximum absolute atomic E-state index is 12.1. The Morgan fingerprint density at radius 2 is 1.93 bits per heavy atom. The molecule has 8 nitrogen and oxygen atoms in total. The van der Waals surface area contributed by atoms with Gasteiger partial charge in [0, 0.05) is 5.56 Å². The minimum atomic E-state index is -0.177. The number of hydrogen-bond acceptors (Lipinski definition) is 8. The summed E-state index contributed by atoms with van der Waals surface area (Å²) in [6.07, 6.45) is 0.998. The molecule has 0 saturated carbocycles. The zero-order chi connectivity index (χ0) is 19.5. The number of benzene rings is 1. The molecule has 0 aliphatic rings. The minimum absolute atomic E-state index is 0.177. The summed E-state index contributed by atoms with van der Waals surface area (Å²) in [5, 5.41) is 25.3. The monoisotopic (exact) mass is 411 g/mol. The Hall–Kier alpha value is -2.85. The lowest BCUT2D eigenvalue weighted by atomic mass is 10.1. The average Bonchev–Trinajstić information content (AvgIpc) is 3.31. The van der Waals surface area contributed by atoms with Crippen molar-refractivity contribution in [3.8, 4) is 11.3 Å². The third-order valence-corrected chi connectivity index (χ3v) is 5.67. The Labute approximate surface area is 169 Å². The number of amides is 1. The van der Waals surface area contributed by atoms with E-state index in [0.29, 0.717) is 15.9 Å². The van der Waals surface area contributed by atoms with Crippen molar-refractivity contribution >= 4 is 39.8 Å². The Bertz CT molecular complexity index is 1120. The van der Waals surface area contributed by atoms with Crippen LogP contribution in [-0.4, -0.2) is 41.7 Å². The highest BCUT2D eigenvalue weighted by atomic mass is 32.2. The molecule has 10 heteroatoms. The summed E-state index contributed by atoms with van der Waals surface area (Å²) in [4.78, 5) is 12.1. The van der Waals surface area contributed by atoms with E-state index in [9.17, 15) is 4.79 Å². The highest BCUT2D eigenvalue weighted by Gasteiger charge is 2.13. The van der Waals surface area contributed by atoms with Gasteiger partial charge in [0.25, 0.3) is 0 Å². The second kappa shape index (κ2) is 8.03. The van der Waals surface area contributed by atoms with Crippen LogP contribution in [0.4, 0.5) is 5.13 Å². The number of hydrogen-bond donors (Lipinski definition) is 1. The zero-order valence-electron chi connectivity index (χ0n) is 15.3. The fourth-order valence-corrected chi connectivity index (χ4v) is 3.85. The van der Waals surface area contributed by atoms with E-state index in [1.165, 1.54) is 28.7 Å². The Kier molecular flexibility index (Phi) is 5.31. The molecule has 1 aromatic carbocycles. The molecular weight excluding hydrogens is 394 g/mol. The smallest absolute Gasteiger partial charge is 0.236 e. The predicted octanol–water partition coefficient (Wildman–Crippen LogP) is 3.24. The number of rotatable bonds is 6. The van der Waals surface area contributed by atoms with Crippen molar-refractivity contribution in [2.45, 2.75) is 25.4 Å². The van der Waals surface area contributed by atoms with Crippen molar-refractivity contribution in [1.82, 2.24) is 30.0 Å². The number of aromatic nitrogens is 6. The molecule has 142 valence electrons. The van der Waals surface area contributed by atoms with Gasteiger partial charge in [0.15, 0.2) is 5.65 Å². The van der Waals surface area contributed by atoms with Gasteiger partial charge in [-0.05, 0) is 31.0 Å². The Balaban J connectivity index is 1.50. The lowest BCUT2D eigenvalue weighted by Crippen LogP contribution is -2.14. The van der Waals surface area contributed by atoms with Gasteiger partial charge in [-0.25, -0.2) is 0 Å². The molecule has 0 bridgehead atoms. The van der Waals surface area contributed by atoms with Crippen LogP contribution in [0.1, 0.15) is 17.5 Å². The largest absolute Gasteiger partial charge is 0.300 e. The summed E-state index contributed by atoms with van der Waals surface area (Å²) < 4.78 is 1.66. The molecule has 0 spiro atoms. The molecule has 0 atom stereocenters. The van der Waals surface area contributed by atoms with Crippen molar-refractivity contribution in [3.05, 3.63) is 47.0 Å².